The number of rotatable bonds is 4. The Bertz CT molecular complexity index is 507. The van der Waals surface area contributed by atoms with Crippen molar-refractivity contribution in [1.29, 1.82) is 0 Å². The van der Waals surface area contributed by atoms with Gasteiger partial charge >= 0.3 is 0 Å². The summed E-state index contributed by atoms with van der Waals surface area (Å²) in [7, 11) is 0. The minimum Gasteiger partial charge on any atom is -0.355 e. The standard InChI is InChI=1S/C17H23ClN2O/c18-15-6-4-5-14(9-15)17(7-2-1-3-8-17)16(21)20-12-13-10-19-11-13/h4-6,9,13,19H,1-3,7-8,10-12H2,(H,20,21). The molecule has 0 unspecified atom stereocenters. The van der Waals surface area contributed by atoms with Gasteiger partial charge in [0.05, 0.1) is 5.41 Å². The molecule has 1 saturated heterocycles. The van der Waals surface area contributed by atoms with Gasteiger partial charge in [0, 0.05) is 30.6 Å². The highest BCUT2D eigenvalue weighted by molar-refractivity contribution is 6.30. The van der Waals surface area contributed by atoms with Crippen LogP contribution in [0.2, 0.25) is 5.02 Å². The van der Waals surface area contributed by atoms with Crippen molar-refractivity contribution in [3.05, 3.63) is 34.9 Å². The van der Waals surface area contributed by atoms with E-state index in [0.29, 0.717) is 10.9 Å². The third-order valence-corrected chi connectivity index (χ3v) is 5.17. The first-order chi connectivity index (χ1) is 10.2. The highest BCUT2D eigenvalue weighted by Gasteiger charge is 2.41. The lowest BCUT2D eigenvalue weighted by Crippen LogP contribution is -2.52. The van der Waals surface area contributed by atoms with Crippen LogP contribution in [-0.2, 0) is 10.2 Å². The topological polar surface area (TPSA) is 41.1 Å². The fourth-order valence-corrected chi connectivity index (χ4v) is 3.68. The van der Waals surface area contributed by atoms with Crippen molar-refractivity contribution in [3.63, 3.8) is 0 Å². The van der Waals surface area contributed by atoms with Gasteiger partial charge in [0.2, 0.25) is 5.91 Å². The normalized spacial score (nSPS) is 21.6. The van der Waals surface area contributed by atoms with E-state index in [1.165, 1.54) is 6.42 Å². The van der Waals surface area contributed by atoms with Gasteiger partial charge in [-0.05, 0) is 30.5 Å². The summed E-state index contributed by atoms with van der Waals surface area (Å²) in [5.74, 6) is 0.783. The molecule has 1 aromatic rings. The molecule has 3 nitrogen and oxygen atoms in total. The van der Waals surface area contributed by atoms with Crippen LogP contribution in [-0.4, -0.2) is 25.5 Å². The van der Waals surface area contributed by atoms with Crippen LogP contribution in [0.1, 0.15) is 37.7 Å². The molecule has 3 rings (SSSR count). The predicted molar refractivity (Wildman–Crippen MR) is 85.6 cm³/mol. The summed E-state index contributed by atoms with van der Waals surface area (Å²) < 4.78 is 0. The van der Waals surface area contributed by atoms with Gasteiger partial charge in [-0.2, -0.15) is 0 Å². The van der Waals surface area contributed by atoms with Crippen LogP contribution < -0.4 is 10.6 Å². The van der Waals surface area contributed by atoms with Crippen molar-refractivity contribution in [2.24, 2.45) is 5.92 Å². The molecule has 0 spiro atoms. The Hall–Kier alpha value is -1.06. The van der Waals surface area contributed by atoms with Gasteiger partial charge in [0.1, 0.15) is 0 Å². The third kappa shape index (κ3) is 3.09. The summed E-state index contributed by atoms with van der Waals surface area (Å²) >= 11 is 6.15. The Morgan fingerprint density at radius 1 is 1.29 bits per heavy atom. The molecule has 114 valence electrons. The maximum Gasteiger partial charge on any atom is 0.230 e. The maximum atomic E-state index is 12.9. The quantitative estimate of drug-likeness (QED) is 0.898. The van der Waals surface area contributed by atoms with Crippen molar-refractivity contribution in [2.75, 3.05) is 19.6 Å². The van der Waals surface area contributed by atoms with E-state index in [4.69, 9.17) is 11.6 Å². The number of carbonyl (C=O) groups is 1. The lowest BCUT2D eigenvalue weighted by molar-refractivity contribution is -0.128. The molecule has 1 heterocycles. The molecule has 1 amide bonds. The molecule has 0 aromatic heterocycles. The van der Waals surface area contributed by atoms with E-state index in [0.717, 1.165) is 50.9 Å². The Labute approximate surface area is 131 Å². The minimum atomic E-state index is -0.375. The SMILES string of the molecule is O=C(NCC1CNC1)C1(c2cccc(Cl)c2)CCCCC1. The summed E-state index contributed by atoms with van der Waals surface area (Å²) in [6.45, 7) is 2.82. The molecular formula is C17H23ClN2O. The summed E-state index contributed by atoms with van der Waals surface area (Å²) in [5, 5.41) is 7.15. The first-order valence-corrected chi connectivity index (χ1v) is 8.33. The van der Waals surface area contributed by atoms with E-state index in [9.17, 15) is 4.79 Å². The molecule has 2 N–H and O–H groups in total. The summed E-state index contributed by atoms with van der Waals surface area (Å²) in [6.07, 6.45) is 5.32. The summed E-state index contributed by atoms with van der Waals surface area (Å²) in [6, 6.07) is 7.86. The van der Waals surface area contributed by atoms with Crippen LogP contribution in [0.4, 0.5) is 0 Å². The molecule has 0 radical (unpaired) electrons. The molecule has 0 atom stereocenters. The van der Waals surface area contributed by atoms with E-state index >= 15 is 0 Å². The fourth-order valence-electron chi connectivity index (χ4n) is 3.49. The first kappa shape index (κ1) is 14.9. The minimum absolute atomic E-state index is 0.191. The number of nitrogens with one attached hydrogen (secondary N) is 2. The van der Waals surface area contributed by atoms with Gasteiger partial charge in [-0.1, -0.05) is 43.0 Å². The molecule has 1 aromatic carbocycles. The zero-order valence-electron chi connectivity index (χ0n) is 12.3. The Morgan fingerprint density at radius 3 is 2.67 bits per heavy atom. The number of amides is 1. The fraction of sp³-hybridized carbons (Fsp3) is 0.588. The van der Waals surface area contributed by atoms with Crippen molar-refractivity contribution in [3.8, 4) is 0 Å². The third-order valence-electron chi connectivity index (χ3n) is 4.94. The molecular weight excluding hydrogens is 284 g/mol. The number of halogens is 1. The number of hydrogen-bond acceptors (Lipinski definition) is 2. The Balaban J connectivity index is 1.79. The molecule has 1 aliphatic carbocycles. The van der Waals surface area contributed by atoms with Crippen molar-refractivity contribution in [2.45, 2.75) is 37.5 Å². The number of benzene rings is 1. The zero-order valence-corrected chi connectivity index (χ0v) is 13.1. The second kappa shape index (κ2) is 6.37. The van der Waals surface area contributed by atoms with E-state index < -0.39 is 0 Å². The largest absolute Gasteiger partial charge is 0.355 e. The van der Waals surface area contributed by atoms with E-state index in [1.54, 1.807) is 0 Å². The smallest absolute Gasteiger partial charge is 0.230 e. The molecule has 2 fully saturated rings. The molecule has 1 aliphatic heterocycles. The summed E-state index contributed by atoms with van der Waals surface area (Å²) in [5.41, 5.74) is 0.708. The van der Waals surface area contributed by atoms with Crippen LogP contribution >= 0.6 is 11.6 Å². The van der Waals surface area contributed by atoms with Crippen molar-refractivity contribution < 1.29 is 4.79 Å². The van der Waals surface area contributed by atoms with Crippen LogP contribution in [0.15, 0.2) is 24.3 Å². The first-order valence-electron chi connectivity index (χ1n) is 7.96. The average Bonchev–Trinajstić information content (AvgIpc) is 2.46. The van der Waals surface area contributed by atoms with Gasteiger partial charge in [-0.25, -0.2) is 0 Å². The molecule has 4 heteroatoms. The van der Waals surface area contributed by atoms with Crippen LogP contribution in [0.5, 0.6) is 0 Å². The summed E-state index contributed by atoms with van der Waals surface area (Å²) in [4.78, 5) is 12.9. The van der Waals surface area contributed by atoms with Gasteiger partial charge in [0.15, 0.2) is 0 Å². The number of carbonyl (C=O) groups excluding carboxylic acids is 1. The van der Waals surface area contributed by atoms with E-state index in [2.05, 4.69) is 16.7 Å². The molecule has 2 aliphatic rings. The highest BCUT2D eigenvalue weighted by Crippen LogP contribution is 2.40. The lowest BCUT2D eigenvalue weighted by atomic mass is 9.68. The lowest BCUT2D eigenvalue weighted by Gasteiger charge is -2.37. The van der Waals surface area contributed by atoms with Gasteiger partial charge in [0.25, 0.3) is 0 Å². The molecule has 21 heavy (non-hydrogen) atoms. The van der Waals surface area contributed by atoms with Crippen LogP contribution in [0.3, 0.4) is 0 Å². The highest BCUT2D eigenvalue weighted by atomic mass is 35.5. The number of hydrogen-bond donors (Lipinski definition) is 2. The average molecular weight is 307 g/mol. The molecule has 1 saturated carbocycles. The second-order valence-electron chi connectivity index (χ2n) is 6.39. The van der Waals surface area contributed by atoms with Crippen LogP contribution in [0, 0.1) is 5.92 Å². The van der Waals surface area contributed by atoms with Gasteiger partial charge < -0.3 is 10.6 Å². The molecule has 0 bridgehead atoms. The second-order valence-corrected chi connectivity index (χ2v) is 6.82. The van der Waals surface area contributed by atoms with Crippen molar-refractivity contribution in [1.82, 2.24) is 10.6 Å². The van der Waals surface area contributed by atoms with E-state index in [-0.39, 0.29) is 11.3 Å². The monoisotopic (exact) mass is 306 g/mol. The zero-order chi connectivity index (χ0) is 14.7. The van der Waals surface area contributed by atoms with Gasteiger partial charge in [-0.3, -0.25) is 4.79 Å². The van der Waals surface area contributed by atoms with Gasteiger partial charge in [-0.15, -0.1) is 0 Å². The van der Waals surface area contributed by atoms with Crippen LogP contribution in [0.25, 0.3) is 0 Å². The van der Waals surface area contributed by atoms with Crippen molar-refractivity contribution >= 4 is 17.5 Å². The Kier molecular flexibility index (Phi) is 4.51. The predicted octanol–water partition coefficient (Wildman–Crippen LogP) is 2.88. The maximum absolute atomic E-state index is 12.9. The Morgan fingerprint density at radius 2 is 2.05 bits per heavy atom. The van der Waals surface area contributed by atoms with E-state index in [1.807, 2.05) is 18.2 Å².